The Hall–Kier alpha value is -0.120. The molecule has 3 nitrogen and oxygen atoms in total. The van der Waals surface area contributed by atoms with Crippen LogP contribution in [-0.4, -0.2) is 55.6 Å². The second kappa shape index (κ2) is 4.94. The van der Waals surface area contributed by atoms with E-state index in [0.717, 1.165) is 12.6 Å². The summed E-state index contributed by atoms with van der Waals surface area (Å²) in [6.07, 6.45) is 2.58. The summed E-state index contributed by atoms with van der Waals surface area (Å²) >= 11 is 0. The van der Waals surface area contributed by atoms with E-state index in [2.05, 4.69) is 30.8 Å². The number of hydrogen-bond donors (Lipinski definition) is 1. The largest absolute Gasteiger partial charge is 0.327 e. The molecule has 1 atom stereocenters. The number of piperidine rings is 1. The van der Waals surface area contributed by atoms with Crippen molar-refractivity contribution in [1.29, 1.82) is 0 Å². The van der Waals surface area contributed by atoms with Gasteiger partial charge in [-0.2, -0.15) is 0 Å². The monoisotopic (exact) mass is 185 g/mol. The standard InChI is InChI=1S/C10H23N3/c1-9(11)8-13(3)10-4-6-12(2)7-5-10/h9-10H,4-8,11H2,1-3H3/t9-/m1/s1. The van der Waals surface area contributed by atoms with Crippen molar-refractivity contribution in [2.75, 3.05) is 33.7 Å². The van der Waals surface area contributed by atoms with Gasteiger partial charge < -0.3 is 15.5 Å². The van der Waals surface area contributed by atoms with Gasteiger partial charge in [-0.3, -0.25) is 0 Å². The van der Waals surface area contributed by atoms with E-state index in [1.807, 2.05) is 0 Å². The summed E-state index contributed by atoms with van der Waals surface area (Å²) < 4.78 is 0. The molecule has 0 saturated carbocycles. The van der Waals surface area contributed by atoms with Crippen LogP contribution in [0.5, 0.6) is 0 Å². The van der Waals surface area contributed by atoms with Crippen molar-refractivity contribution in [3.8, 4) is 0 Å². The first kappa shape index (κ1) is 11.0. The molecular weight excluding hydrogens is 162 g/mol. The van der Waals surface area contributed by atoms with Crippen molar-refractivity contribution in [2.45, 2.75) is 31.8 Å². The highest BCUT2D eigenvalue weighted by atomic mass is 15.2. The van der Waals surface area contributed by atoms with E-state index in [1.165, 1.54) is 25.9 Å². The maximum Gasteiger partial charge on any atom is 0.0139 e. The minimum atomic E-state index is 0.296. The van der Waals surface area contributed by atoms with Gasteiger partial charge in [0.2, 0.25) is 0 Å². The van der Waals surface area contributed by atoms with Crippen LogP contribution < -0.4 is 5.73 Å². The summed E-state index contributed by atoms with van der Waals surface area (Å²) in [6, 6.07) is 1.05. The van der Waals surface area contributed by atoms with Gasteiger partial charge in [-0.25, -0.2) is 0 Å². The Morgan fingerprint density at radius 1 is 1.46 bits per heavy atom. The maximum atomic E-state index is 5.78. The van der Waals surface area contributed by atoms with Crippen LogP contribution in [0.3, 0.4) is 0 Å². The lowest BCUT2D eigenvalue weighted by molar-refractivity contribution is 0.140. The number of rotatable bonds is 3. The van der Waals surface area contributed by atoms with Crippen LogP contribution in [0.15, 0.2) is 0 Å². The van der Waals surface area contributed by atoms with Gasteiger partial charge in [0.25, 0.3) is 0 Å². The Morgan fingerprint density at radius 2 is 2.00 bits per heavy atom. The van der Waals surface area contributed by atoms with Gasteiger partial charge in [0.1, 0.15) is 0 Å². The molecule has 1 heterocycles. The van der Waals surface area contributed by atoms with Gasteiger partial charge in [-0.1, -0.05) is 0 Å². The fraction of sp³-hybridized carbons (Fsp3) is 1.00. The summed E-state index contributed by atoms with van der Waals surface area (Å²) in [5.41, 5.74) is 5.78. The molecule has 78 valence electrons. The first-order valence-corrected chi connectivity index (χ1v) is 5.24. The van der Waals surface area contributed by atoms with Gasteiger partial charge in [0.05, 0.1) is 0 Å². The summed E-state index contributed by atoms with van der Waals surface area (Å²) in [4.78, 5) is 4.81. The van der Waals surface area contributed by atoms with Gasteiger partial charge >= 0.3 is 0 Å². The van der Waals surface area contributed by atoms with Crippen molar-refractivity contribution < 1.29 is 0 Å². The molecule has 0 unspecified atom stereocenters. The third kappa shape index (κ3) is 3.63. The number of likely N-dealkylation sites (tertiary alicyclic amines) is 1. The summed E-state index contributed by atoms with van der Waals surface area (Å²) in [5, 5.41) is 0. The normalized spacial score (nSPS) is 23.8. The lowest BCUT2D eigenvalue weighted by Gasteiger charge is -2.35. The first-order chi connectivity index (χ1) is 6.09. The molecule has 3 heteroatoms. The number of nitrogens with two attached hydrogens (primary N) is 1. The maximum absolute atomic E-state index is 5.78. The van der Waals surface area contributed by atoms with Crippen LogP contribution in [0.25, 0.3) is 0 Å². The Morgan fingerprint density at radius 3 is 2.46 bits per heavy atom. The number of likely N-dealkylation sites (N-methyl/N-ethyl adjacent to an activating group) is 1. The van der Waals surface area contributed by atoms with Crippen molar-refractivity contribution >= 4 is 0 Å². The van der Waals surface area contributed by atoms with Crippen LogP contribution in [0.1, 0.15) is 19.8 Å². The third-order valence-corrected chi connectivity index (χ3v) is 2.89. The van der Waals surface area contributed by atoms with Crippen molar-refractivity contribution in [2.24, 2.45) is 5.73 Å². The highest BCUT2D eigenvalue weighted by molar-refractivity contribution is 4.77. The molecule has 0 spiro atoms. The molecule has 1 aliphatic heterocycles. The molecule has 1 saturated heterocycles. The van der Waals surface area contributed by atoms with E-state index in [-0.39, 0.29) is 0 Å². The Bertz CT molecular complexity index is 139. The third-order valence-electron chi connectivity index (χ3n) is 2.89. The van der Waals surface area contributed by atoms with Gasteiger partial charge in [0.15, 0.2) is 0 Å². The summed E-state index contributed by atoms with van der Waals surface area (Å²) in [5.74, 6) is 0. The molecule has 13 heavy (non-hydrogen) atoms. The Balaban J connectivity index is 2.27. The van der Waals surface area contributed by atoms with E-state index in [4.69, 9.17) is 5.73 Å². The molecule has 0 aromatic rings. The van der Waals surface area contributed by atoms with Gasteiger partial charge in [-0.05, 0) is 47.0 Å². The fourth-order valence-corrected chi connectivity index (χ4v) is 2.04. The van der Waals surface area contributed by atoms with E-state index < -0.39 is 0 Å². The zero-order chi connectivity index (χ0) is 9.84. The van der Waals surface area contributed by atoms with Gasteiger partial charge in [-0.15, -0.1) is 0 Å². The highest BCUT2D eigenvalue weighted by Crippen LogP contribution is 2.13. The number of hydrogen-bond acceptors (Lipinski definition) is 3. The predicted octanol–water partition coefficient (Wildman–Crippen LogP) is 0.360. The molecule has 0 aliphatic carbocycles. The lowest BCUT2D eigenvalue weighted by atomic mass is 10.0. The Kier molecular flexibility index (Phi) is 4.16. The van der Waals surface area contributed by atoms with Crippen molar-refractivity contribution in [1.82, 2.24) is 9.80 Å². The molecule has 0 aromatic heterocycles. The molecule has 0 bridgehead atoms. The van der Waals surface area contributed by atoms with Crippen LogP contribution in [0.4, 0.5) is 0 Å². The zero-order valence-electron chi connectivity index (χ0n) is 9.16. The van der Waals surface area contributed by atoms with Crippen molar-refractivity contribution in [3.63, 3.8) is 0 Å². The van der Waals surface area contributed by atoms with Crippen LogP contribution >= 0.6 is 0 Å². The van der Waals surface area contributed by atoms with E-state index in [0.29, 0.717) is 6.04 Å². The second-order valence-corrected chi connectivity index (χ2v) is 4.45. The minimum absolute atomic E-state index is 0.296. The Labute approximate surface area is 81.9 Å². The van der Waals surface area contributed by atoms with Crippen LogP contribution in [0.2, 0.25) is 0 Å². The minimum Gasteiger partial charge on any atom is -0.327 e. The quantitative estimate of drug-likeness (QED) is 0.689. The fourth-order valence-electron chi connectivity index (χ4n) is 2.04. The molecule has 1 rings (SSSR count). The molecule has 1 aliphatic rings. The number of nitrogens with zero attached hydrogens (tertiary/aromatic N) is 2. The van der Waals surface area contributed by atoms with E-state index in [1.54, 1.807) is 0 Å². The van der Waals surface area contributed by atoms with E-state index in [9.17, 15) is 0 Å². The van der Waals surface area contributed by atoms with Crippen LogP contribution in [0, 0.1) is 0 Å². The van der Waals surface area contributed by atoms with Crippen molar-refractivity contribution in [3.05, 3.63) is 0 Å². The molecule has 2 N–H and O–H groups in total. The highest BCUT2D eigenvalue weighted by Gasteiger charge is 2.20. The topological polar surface area (TPSA) is 32.5 Å². The first-order valence-electron chi connectivity index (χ1n) is 5.24. The predicted molar refractivity (Wildman–Crippen MR) is 56.8 cm³/mol. The molecular formula is C10H23N3. The molecule has 0 amide bonds. The zero-order valence-corrected chi connectivity index (χ0v) is 9.16. The second-order valence-electron chi connectivity index (χ2n) is 4.45. The van der Waals surface area contributed by atoms with E-state index >= 15 is 0 Å². The lowest BCUT2D eigenvalue weighted by Crippen LogP contribution is -2.45. The average Bonchev–Trinajstić information content (AvgIpc) is 2.04. The summed E-state index contributed by atoms with van der Waals surface area (Å²) in [7, 11) is 4.39. The van der Waals surface area contributed by atoms with Gasteiger partial charge in [0, 0.05) is 18.6 Å². The molecule has 0 aromatic carbocycles. The molecule has 1 fully saturated rings. The average molecular weight is 185 g/mol. The summed E-state index contributed by atoms with van der Waals surface area (Å²) in [6.45, 7) is 5.56. The SMILES string of the molecule is C[C@@H](N)CN(C)C1CCN(C)CC1. The molecule has 0 radical (unpaired) electrons. The smallest absolute Gasteiger partial charge is 0.0139 e. The van der Waals surface area contributed by atoms with Crippen LogP contribution in [-0.2, 0) is 0 Å².